The molecule has 3 aromatic rings. The first-order valence-corrected chi connectivity index (χ1v) is 14.9. The van der Waals surface area contributed by atoms with Gasteiger partial charge in [0.2, 0.25) is 0 Å². The van der Waals surface area contributed by atoms with Crippen LogP contribution in [0.2, 0.25) is 0 Å². The van der Waals surface area contributed by atoms with Crippen molar-refractivity contribution >= 4 is 32.1 Å². The third-order valence-electron chi connectivity index (χ3n) is 7.74. The van der Waals surface area contributed by atoms with Crippen molar-refractivity contribution in [3.8, 4) is 17.4 Å². The Kier molecular flexibility index (Phi) is 8.49. The zero-order valence-corrected chi connectivity index (χ0v) is 23.7. The lowest BCUT2D eigenvalue weighted by atomic mass is 10.0. The van der Waals surface area contributed by atoms with E-state index in [4.69, 9.17) is 9.15 Å². The number of sulfonamides is 1. The Hall–Kier alpha value is -3.28. The summed E-state index contributed by atoms with van der Waals surface area (Å²) >= 11 is 0. The molecule has 5 rings (SSSR count). The van der Waals surface area contributed by atoms with Crippen molar-refractivity contribution in [2.24, 2.45) is 0 Å². The van der Waals surface area contributed by atoms with Gasteiger partial charge in [0.15, 0.2) is 4.91 Å². The fourth-order valence-electron chi connectivity index (χ4n) is 5.11. The number of rotatable bonds is 7. The van der Waals surface area contributed by atoms with Gasteiger partial charge in [0.05, 0.1) is 12.7 Å². The average Bonchev–Trinajstić information content (AvgIpc) is 3.46. The molecule has 4 N–H and O–H groups in total. The number of nitrogens with zero attached hydrogens (tertiary/aromatic N) is 3. The Balaban J connectivity index is 1.32. The lowest BCUT2D eigenvalue weighted by Gasteiger charge is -2.35. The third kappa shape index (κ3) is 6.17. The van der Waals surface area contributed by atoms with Gasteiger partial charge in [0, 0.05) is 49.5 Å². The Morgan fingerprint density at radius 1 is 1.02 bits per heavy atom. The second-order valence-electron chi connectivity index (χ2n) is 10.5. The van der Waals surface area contributed by atoms with Crippen molar-refractivity contribution in [1.29, 1.82) is 5.26 Å². The van der Waals surface area contributed by atoms with Gasteiger partial charge in [-0.1, -0.05) is 18.2 Å². The van der Waals surface area contributed by atoms with Crippen LogP contribution in [0.25, 0.3) is 27.7 Å². The third-order valence-corrected chi connectivity index (χ3v) is 9.23. The molecule has 4 atom stereocenters. The summed E-state index contributed by atoms with van der Waals surface area (Å²) in [4.78, 5) is 4.16. The van der Waals surface area contributed by atoms with Crippen LogP contribution < -0.4 is 9.62 Å². The number of piperazine rings is 1. The van der Waals surface area contributed by atoms with E-state index >= 15 is 0 Å². The Morgan fingerprint density at radius 3 is 2.46 bits per heavy atom. The fourth-order valence-corrected chi connectivity index (χ4v) is 6.26. The number of fused-ring (bicyclic) bond motifs is 1. The maximum absolute atomic E-state index is 13.0. The Labute approximate surface area is 238 Å². The molecule has 1 aromatic heterocycles. The molecule has 0 amide bonds. The second kappa shape index (κ2) is 11.9. The van der Waals surface area contributed by atoms with Crippen LogP contribution in [0.5, 0.6) is 0 Å². The first-order chi connectivity index (χ1) is 19.6. The largest absolute Gasteiger partial charge is 0.456 e. The minimum atomic E-state index is -4.31. The molecule has 2 aliphatic heterocycles. The molecule has 12 heteroatoms. The van der Waals surface area contributed by atoms with Crippen molar-refractivity contribution in [2.75, 3.05) is 51.3 Å². The van der Waals surface area contributed by atoms with Crippen LogP contribution in [0.3, 0.4) is 0 Å². The highest BCUT2D eigenvalue weighted by atomic mass is 32.2. The van der Waals surface area contributed by atoms with E-state index in [2.05, 4.69) is 39.8 Å². The van der Waals surface area contributed by atoms with Gasteiger partial charge < -0.3 is 34.3 Å². The number of allylic oxidation sites excluding steroid dienone is 2. The van der Waals surface area contributed by atoms with E-state index < -0.39 is 45.9 Å². The van der Waals surface area contributed by atoms with Crippen LogP contribution in [-0.2, 0) is 14.8 Å². The van der Waals surface area contributed by atoms with Gasteiger partial charge in [0.25, 0.3) is 10.0 Å². The lowest BCUT2D eigenvalue weighted by molar-refractivity contribution is -0.184. The average molecular weight is 583 g/mol. The molecule has 3 heterocycles. The quantitative estimate of drug-likeness (QED) is 0.301. The van der Waals surface area contributed by atoms with Gasteiger partial charge in [0.1, 0.15) is 35.9 Å². The second-order valence-corrected chi connectivity index (χ2v) is 12.2. The van der Waals surface area contributed by atoms with Crippen molar-refractivity contribution < 1.29 is 32.9 Å². The molecule has 218 valence electrons. The van der Waals surface area contributed by atoms with Gasteiger partial charge in [-0.25, -0.2) is 13.1 Å². The molecule has 2 saturated heterocycles. The van der Waals surface area contributed by atoms with Gasteiger partial charge in [-0.15, -0.1) is 0 Å². The zero-order chi connectivity index (χ0) is 29.3. The van der Waals surface area contributed by atoms with Crippen LogP contribution >= 0.6 is 0 Å². The summed E-state index contributed by atoms with van der Waals surface area (Å²) in [6.45, 7) is 4.86. The summed E-state index contributed by atoms with van der Waals surface area (Å²) in [7, 11) is -2.18. The maximum Gasteiger partial charge on any atom is 0.251 e. The Bertz CT molecular complexity index is 1590. The number of nitriles is 1. The molecule has 0 spiro atoms. The minimum Gasteiger partial charge on any atom is -0.456 e. The van der Waals surface area contributed by atoms with Crippen molar-refractivity contribution in [1.82, 2.24) is 9.62 Å². The molecule has 0 saturated carbocycles. The lowest BCUT2D eigenvalue weighted by Crippen LogP contribution is -2.56. The van der Waals surface area contributed by atoms with E-state index in [0.717, 1.165) is 42.5 Å². The molecule has 0 radical (unpaired) electrons. The Morgan fingerprint density at radius 2 is 1.73 bits per heavy atom. The number of furan rings is 1. The number of benzene rings is 2. The topological polar surface area (TPSA) is 160 Å². The number of hydrogen-bond acceptors (Lipinski definition) is 10. The van der Waals surface area contributed by atoms with Gasteiger partial charge >= 0.3 is 0 Å². The normalized spacial score (nSPS) is 24.7. The molecular formula is C29H34N4O7S. The molecular weight excluding hydrogens is 548 g/mol. The van der Waals surface area contributed by atoms with Crippen molar-refractivity contribution in [2.45, 2.75) is 31.3 Å². The molecule has 11 nitrogen and oxygen atoms in total. The van der Waals surface area contributed by atoms with Crippen LogP contribution in [0.15, 0.2) is 57.9 Å². The standard InChI is InChI=1S/C29H34N4O7S/c1-18(27(15-30)41(37,38)31-16-26-29(36)28(35)23(34)17-39-26)24-7-8-25(40-24)21-4-3-20-14-22(6-5-19(20)13-21)33-11-9-32(2)10-12-33/h3-8,13-14,23,26,28-29,31,34-36H,9-12,16-17H2,1-2H3/b27-18+/t23-,26+,28+,29+/m0/s1. The summed E-state index contributed by atoms with van der Waals surface area (Å²) in [6, 6.07) is 17.4. The highest BCUT2D eigenvalue weighted by molar-refractivity contribution is 7.93. The van der Waals surface area contributed by atoms with Crippen LogP contribution in [0, 0.1) is 11.3 Å². The molecule has 0 bridgehead atoms. The molecule has 0 aliphatic carbocycles. The van der Waals surface area contributed by atoms with Crippen LogP contribution in [0.4, 0.5) is 5.69 Å². The summed E-state index contributed by atoms with van der Waals surface area (Å²) in [6.07, 6.45) is -5.33. The maximum atomic E-state index is 13.0. The number of likely N-dealkylation sites (N-methyl/N-ethyl adjacent to an activating group) is 1. The highest BCUT2D eigenvalue weighted by Crippen LogP contribution is 2.32. The zero-order valence-electron chi connectivity index (χ0n) is 22.9. The summed E-state index contributed by atoms with van der Waals surface area (Å²) in [5, 5.41) is 41.3. The summed E-state index contributed by atoms with van der Waals surface area (Å²) in [5.41, 5.74) is 2.12. The van der Waals surface area contributed by atoms with E-state index in [0.29, 0.717) is 5.76 Å². The van der Waals surface area contributed by atoms with E-state index in [1.54, 1.807) is 18.2 Å². The monoisotopic (exact) mass is 582 g/mol. The first kappa shape index (κ1) is 29.2. The number of nitrogens with one attached hydrogen (secondary N) is 1. The smallest absolute Gasteiger partial charge is 0.251 e. The molecule has 0 unspecified atom stereocenters. The predicted octanol–water partition coefficient (Wildman–Crippen LogP) is 1.51. The summed E-state index contributed by atoms with van der Waals surface area (Å²) < 4.78 is 39.4. The number of anilines is 1. The van der Waals surface area contributed by atoms with E-state index in [9.17, 15) is 29.0 Å². The molecule has 2 aliphatic rings. The highest BCUT2D eigenvalue weighted by Gasteiger charge is 2.38. The molecule has 2 aromatic carbocycles. The number of aliphatic hydroxyl groups excluding tert-OH is 3. The van der Waals surface area contributed by atoms with Crippen LogP contribution in [-0.4, -0.2) is 99.4 Å². The van der Waals surface area contributed by atoms with E-state index in [1.807, 2.05) is 18.2 Å². The number of hydrogen-bond donors (Lipinski definition) is 4. The number of aliphatic hydroxyl groups is 3. The van der Waals surface area contributed by atoms with Gasteiger partial charge in [-0.05, 0) is 55.1 Å². The van der Waals surface area contributed by atoms with Crippen molar-refractivity contribution in [3.05, 3.63) is 59.2 Å². The van der Waals surface area contributed by atoms with Gasteiger partial charge in [-0.3, -0.25) is 0 Å². The molecule has 2 fully saturated rings. The van der Waals surface area contributed by atoms with Crippen LogP contribution in [0.1, 0.15) is 12.7 Å². The fraction of sp³-hybridized carbons (Fsp3) is 0.414. The molecule has 41 heavy (non-hydrogen) atoms. The number of ether oxygens (including phenoxy) is 1. The van der Waals surface area contributed by atoms with Gasteiger partial charge in [-0.2, -0.15) is 5.26 Å². The SMILES string of the molecule is C/C(=C(/C#N)S(=O)(=O)NC[C@H]1OC[C@H](O)[C@@H](O)[C@@H]1O)c1ccc(-c2ccc3cc(N4CCN(C)CC4)ccc3c2)o1. The van der Waals surface area contributed by atoms with Crippen molar-refractivity contribution in [3.63, 3.8) is 0 Å². The minimum absolute atomic E-state index is 0.115. The first-order valence-electron chi connectivity index (χ1n) is 13.4. The van der Waals surface area contributed by atoms with E-state index in [1.165, 1.54) is 12.6 Å². The van der Waals surface area contributed by atoms with E-state index in [-0.39, 0.29) is 17.9 Å². The predicted molar refractivity (Wildman–Crippen MR) is 154 cm³/mol. The summed E-state index contributed by atoms with van der Waals surface area (Å²) in [5.74, 6) is 0.748.